The van der Waals surface area contributed by atoms with Crippen LogP contribution in [0.5, 0.6) is 5.75 Å². The lowest BCUT2D eigenvalue weighted by molar-refractivity contribution is 0.0364. The van der Waals surface area contributed by atoms with Crippen LogP contribution in [0.3, 0.4) is 0 Å². The van der Waals surface area contributed by atoms with Crippen LogP contribution in [0, 0.1) is 5.92 Å². The van der Waals surface area contributed by atoms with E-state index in [4.69, 9.17) is 10.5 Å². The summed E-state index contributed by atoms with van der Waals surface area (Å²) in [4.78, 5) is 14.1. The van der Waals surface area contributed by atoms with Crippen LogP contribution in [0.15, 0.2) is 24.3 Å². The van der Waals surface area contributed by atoms with Gasteiger partial charge in [0.25, 0.3) is 5.91 Å². The first-order valence-electron chi connectivity index (χ1n) is 8.01. The van der Waals surface area contributed by atoms with Gasteiger partial charge in [0, 0.05) is 12.0 Å². The summed E-state index contributed by atoms with van der Waals surface area (Å²) in [7, 11) is 0. The number of amides is 1. The molecule has 2 aliphatic rings. The van der Waals surface area contributed by atoms with E-state index in [9.17, 15) is 4.79 Å². The number of benzene rings is 1. The Morgan fingerprint density at radius 2 is 2.00 bits per heavy atom. The van der Waals surface area contributed by atoms with Crippen molar-refractivity contribution in [2.24, 2.45) is 11.7 Å². The summed E-state index contributed by atoms with van der Waals surface area (Å²) in [5.41, 5.74) is 5.88. The maximum Gasteiger partial charge on any atom is 0.252 e. The summed E-state index contributed by atoms with van der Waals surface area (Å²) in [6, 6.07) is 7.92. The number of hydrogen-bond donors (Lipinski definition) is 1. The number of nitrogens with two attached hydrogens (primary N) is 1. The van der Waals surface area contributed by atoms with Crippen LogP contribution >= 0.6 is 0 Å². The van der Waals surface area contributed by atoms with Gasteiger partial charge in [0.05, 0.1) is 12.2 Å². The van der Waals surface area contributed by atoms with E-state index in [1.54, 1.807) is 6.07 Å². The van der Waals surface area contributed by atoms with Crippen LogP contribution in [0.4, 0.5) is 0 Å². The fourth-order valence-corrected chi connectivity index (χ4v) is 3.76. The van der Waals surface area contributed by atoms with Gasteiger partial charge in [-0.25, -0.2) is 0 Å². The van der Waals surface area contributed by atoms with E-state index in [2.05, 4.69) is 4.90 Å². The van der Waals surface area contributed by atoms with Gasteiger partial charge in [-0.15, -0.1) is 0 Å². The Kier molecular flexibility index (Phi) is 4.44. The summed E-state index contributed by atoms with van der Waals surface area (Å²) in [6.45, 7) is 3.16. The van der Waals surface area contributed by atoms with Crippen molar-refractivity contribution in [1.29, 1.82) is 0 Å². The maximum atomic E-state index is 11.4. The smallest absolute Gasteiger partial charge is 0.252 e. The van der Waals surface area contributed by atoms with E-state index < -0.39 is 5.91 Å². The van der Waals surface area contributed by atoms with Gasteiger partial charge in [0.2, 0.25) is 0 Å². The molecule has 0 aliphatic carbocycles. The van der Waals surface area contributed by atoms with Gasteiger partial charge in [-0.3, -0.25) is 9.69 Å². The van der Waals surface area contributed by atoms with Crippen LogP contribution in [-0.4, -0.2) is 36.5 Å². The second-order valence-electron chi connectivity index (χ2n) is 6.17. The number of carbonyl (C=O) groups excluding carboxylic acids is 1. The van der Waals surface area contributed by atoms with Gasteiger partial charge in [0.1, 0.15) is 5.75 Å². The molecule has 4 nitrogen and oxygen atoms in total. The Bertz CT molecular complexity index is 501. The maximum absolute atomic E-state index is 11.4. The van der Waals surface area contributed by atoms with Crippen LogP contribution in [-0.2, 0) is 0 Å². The van der Waals surface area contributed by atoms with E-state index in [1.807, 2.05) is 18.2 Å². The molecule has 2 atom stereocenters. The lowest BCUT2D eigenvalue weighted by Gasteiger charge is -2.44. The minimum atomic E-state index is -0.423. The number of nitrogens with zero attached hydrogens (tertiary/aromatic N) is 1. The summed E-state index contributed by atoms with van der Waals surface area (Å²) >= 11 is 0. The van der Waals surface area contributed by atoms with Crippen molar-refractivity contribution in [1.82, 2.24) is 4.90 Å². The Hall–Kier alpha value is -1.55. The third kappa shape index (κ3) is 3.21. The molecule has 1 aromatic rings. The molecule has 0 bridgehead atoms. The lowest BCUT2D eigenvalue weighted by atomic mass is 9.84. The first kappa shape index (κ1) is 14.4. The Labute approximate surface area is 126 Å². The first-order valence-corrected chi connectivity index (χ1v) is 8.01. The zero-order valence-corrected chi connectivity index (χ0v) is 12.5. The Morgan fingerprint density at radius 3 is 2.86 bits per heavy atom. The summed E-state index contributed by atoms with van der Waals surface area (Å²) in [5, 5.41) is 0. The van der Waals surface area contributed by atoms with Gasteiger partial charge in [-0.1, -0.05) is 18.6 Å². The Morgan fingerprint density at radius 1 is 1.19 bits per heavy atom. The molecule has 2 heterocycles. The monoisotopic (exact) mass is 288 g/mol. The van der Waals surface area contributed by atoms with E-state index in [0.29, 0.717) is 29.9 Å². The summed E-state index contributed by atoms with van der Waals surface area (Å²) < 4.78 is 5.96. The second-order valence-corrected chi connectivity index (χ2v) is 6.17. The van der Waals surface area contributed by atoms with Crippen molar-refractivity contribution in [3.05, 3.63) is 29.8 Å². The molecule has 0 radical (unpaired) electrons. The van der Waals surface area contributed by atoms with Crippen molar-refractivity contribution in [2.75, 3.05) is 19.7 Å². The molecule has 21 heavy (non-hydrogen) atoms. The number of hydrogen-bond acceptors (Lipinski definition) is 3. The largest absolute Gasteiger partial charge is 0.492 e. The topological polar surface area (TPSA) is 55.6 Å². The highest BCUT2D eigenvalue weighted by Gasteiger charge is 2.33. The molecule has 0 unspecified atom stereocenters. The van der Waals surface area contributed by atoms with Gasteiger partial charge in [-0.05, 0) is 50.9 Å². The fraction of sp³-hybridized carbons (Fsp3) is 0.588. The van der Waals surface area contributed by atoms with Gasteiger partial charge in [-0.2, -0.15) is 0 Å². The van der Waals surface area contributed by atoms with E-state index in [-0.39, 0.29) is 0 Å². The number of ether oxygens (including phenoxy) is 1. The number of para-hydroxylation sites is 1. The van der Waals surface area contributed by atoms with Crippen molar-refractivity contribution < 1.29 is 9.53 Å². The molecule has 2 fully saturated rings. The van der Waals surface area contributed by atoms with Crippen LogP contribution < -0.4 is 10.5 Å². The standard InChI is InChI=1S/C17H24N2O2/c18-17(20)14-7-1-2-9-16(14)21-12-13-6-5-11-19-10-4-3-8-15(13)19/h1-2,7,9,13,15H,3-6,8,10-12H2,(H2,18,20)/t13-,15+/m0/s1. The first-order chi connectivity index (χ1) is 10.3. The molecule has 0 spiro atoms. The van der Waals surface area contributed by atoms with Crippen molar-refractivity contribution in [2.45, 2.75) is 38.1 Å². The molecule has 2 saturated heterocycles. The van der Waals surface area contributed by atoms with Gasteiger partial charge < -0.3 is 10.5 Å². The van der Waals surface area contributed by atoms with Crippen LogP contribution in [0.1, 0.15) is 42.5 Å². The third-order valence-electron chi connectivity index (χ3n) is 4.83. The molecule has 4 heteroatoms. The second kappa shape index (κ2) is 6.48. The highest BCUT2D eigenvalue weighted by Crippen LogP contribution is 2.31. The highest BCUT2D eigenvalue weighted by atomic mass is 16.5. The lowest BCUT2D eigenvalue weighted by Crippen LogP contribution is -2.49. The number of rotatable bonds is 4. The molecule has 1 amide bonds. The van der Waals surface area contributed by atoms with Crippen molar-refractivity contribution >= 4 is 5.91 Å². The molecular weight excluding hydrogens is 264 g/mol. The Balaban J connectivity index is 1.65. The normalized spacial score (nSPS) is 26.1. The van der Waals surface area contributed by atoms with Crippen molar-refractivity contribution in [3.63, 3.8) is 0 Å². The number of piperidine rings is 2. The minimum Gasteiger partial charge on any atom is -0.492 e. The molecule has 2 N–H and O–H groups in total. The van der Waals surface area contributed by atoms with Crippen LogP contribution in [0.25, 0.3) is 0 Å². The average Bonchev–Trinajstić information content (AvgIpc) is 2.53. The summed E-state index contributed by atoms with van der Waals surface area (Å²) in [6.07, 6.45) is 6.41. The quantitative estimate of drug-likeness (QED) is 0.925. The van der Waals surface area contributed by atoms with E-state index in [0.717, 1.165) is 0 Å². The predicted molar refractivity (Wildman–Crippen MR) is 82.4 cm³/mol. The number of fused-ring (bicyclic) bond motifs is 1. The molecule has 1 aromatic carbocycles. The zero-order chi connectivity index (χ0) is 14.7. The molecular formula is C17H24N2O2. The molecule has 0 saturated carbocycles. The van der Waals surface area contributed by atoms with Gasteiger partial charge in [0.15, 0.2) is 0 Å². The van der Waals surface area contributed by atoms with E-state index in [1.165, 1.54) is 45.2 Å². The van der Waals surface area contributed by atoms with E-state index >= 15 is 0 Å². The fourth-order valence-electron chi connectivity index (χ4n) is 3.76. The predicted octanol–water partition coefficient (Wildman–Crippen LogP) is 2.43. The summed E-state index contributed by atoms with van der Waals surface area (Å²) in [5.74, 6) is 0.770. The number of carbonyl (C=O) groups is 1. The highest BCUT2D eigenvalue weighted by molar-refractivity contribution is 5.95. The van der Waals surface area contributed by atoms with Crippen molar-refractivity contribution in [3.8, 4) is 5.75 Å². The average molecular weight is 288 g/mol. The molecule has 3 rings (SSSR count). The zero-order valence-electron chi connectivity index (χ0n) is 12.5. The van der Waals surface area contributed by atoms with Crippen LogP contribution in [0.2, 0.25) is 0 Å². The SMILES string of the molecule is NC(=O)c1ccccc1OC[C@@H]1CCCN2CCCC[C@H]12. The molecule has 114 valence electrons. The van der Waals surface area contributed by atoms with Gasteiger partial charge >= 0.3 is 0 Å². The third-order valence-corrected chi connectivity index (χ3v) is 4.83. The molecule has 2 aliphatic heterocycles. The molecule has 0 aromatic heterocycles. The number of primary amides is 1. The minimum absolute atomic E-state index is 0.423.